The molecule has 1 aliphatic rings. The Balaban J connectivity index is 1.87. The number of hydrogen-bond acceptors (Lipinski definition) is 5. The first-order valence-corrected chi connectivity index (χ1v) is 8.43. The van der Waals surface area contributed by atoms with Crippen LogP contribution in [0, 0.1) is 5.92 Å². The molecule has 2 heterocycles. The highest BCUT2D eigenvalue weighted by Crippen LogP contribution is 2.17. The maximum absolute atomic E-state index is 11.3. The van der Waals surface area contributed by atoms with Gasteiger partial charge in [0.15, 0.2) is 14.9 Å². The van der Waals surface area contributed by atoms with E-state index in [9.17, 15) is 8.42 Å². The summed E-state index contributed by atoms with van der Waals surface area (Å²) < 4.78 is 22.6. The predicted octanol–water partition coefficient (Wildman–Crippen LogP) is 1.24. The van der Waals surface area contributed by atoms with Crippen molar-refractivity contribution >= 4 is 15.5 Å². The van der Waals surface area contributed by atoms with Gasteiger partial charge in [-0.3, -0.25) is 0 Å². The number of rotatable bonds is 4. The van der Waals surface area contributed by atoms with Gasteiger partial charge in [0.25, 0.3) is 0 Å². The number of likely N-dealkylation sites (tertiary alicyclic amines) is 1. The van der Waals surface area contributed by atoms with Crippen LogP contribution in [0.15, 0.2) is 23.4 Å². The highest BCUT2D eigenvalue weighted by Gasteiger charge is 2.16. The molecule has 19 heavy (non-hydrogen) atoms. The lowest BCUT2D eigenvalue weighted by Crippen LogP contribution is -2.32. The first-order valence-electron chi connectivity index (χ1n) is 6.53. The zero-order valence-electron chi connectivity index (χ0n) is 11.5. The lowest BCUT2D eigenvalue weighted by Gasteiger charge is -2.29. The molecule has 1 N–H and O–H groups in total. The Morgan fingerprint density at radius 3 is 2.58 bits per heavy atom. The van der Waals surface area contributed by atoms with Crippen LogP contribution in [-0.2, 0) is 9.84 Å². The maximum Gasteiger partial charge on any atom is 0.192 e. The number of piperidine rings is 1. The van der Waals surface area contributed by atoms with Gasteiger partial charge >= 0.3 is 0 Å². The molecular weight excluding hydrogens is 262 g/mol. The standard InChI is InChI=1S/C13H21N3O2S/c1-16-7-5-11(6-8-16)9-14-12-3-4-13(15-10-12)19(2,17)18/h3-4,10-11,14H,5-9H2,1-2H3. The molecule has 6 heteroatoms. The Morgan fingerprint density at radius 1 is 1.37 bits per heavy atom. The Bertz CT molecular complexity index is 505. The van der Waals surface area contributed by atoms with E-state index >= 15 is 0 Å². The molecule has 0 spiro atoms. The van der Waals surface area contributed by atoms with E-state index in [1.54, 1.807) is 18.3 Å². The number of pyridine rings is 1. The van der Waals surface area contributed by atoms with Crippen molar-refractivity contribution in [1.29, 1.82) is 0 Å². The molecule has 0 unspecified atom stereocenters. The van der Waals surface area contributed by atoms with E-state index in [-0.39, 0.29) is 5.03 Å². The van der Waals surface area contributed by atoms with E-state index in [0.29, 0.717) is 5.92 Å². The van der Waals surface area contributed by atoms with Crippen molar-refractivity contribution in [2.45, 2.75) is 17.9 Å². The number of aromatic nitrogens is 1. The molecule has 0 radical (unpaired) electrons. The minimum atomic E-state index is -3.21. The Labute approximate surface area is 114 Å². The number of nitrogens with zero attached hydrogens (tertiary/aromatic N) is 2. The van der Waals surface area contributed by atoms with Crippen LogP contribution in [0.2, 0.25) is 0 Å². The summed E-state index contributed by atoms with van der Waals surface area (Å²) >= 11 is 0. The van der Waals surface area contributed by atoms with Crippen molar-refractivity contribution in [1.82, 2.24) is 9.88 Å². The van der Waals surface area contributed by atoms with Gasteiger partial charge in [0.1, 0.15) is 0 Å². The molecule has 1 aliphatic heterocycles. The summed E-state index contributed by atoms with van der Waals surface area (Å²) in [7, 11) is -1.06. The zero-order valence-corrected chi connectivity index (χ0v) is 12.3. The lowest BCUT2D eigenvalue weighted by molar-refractivity contribution is 0.226. The molecule has 1 aromatic rings. The van der Waals surface area contributed by atoms with Crippen molar-refractivity contribution in [2.24, 2.45) is 5.92 Å². The molecule has 5 nitrogen and oxygen atoms in total. The zero-order chi connectivity index (χ0) is 13.9. The molecular formula is C13H21N3O2S. The average molecular weight is 283 g/mol. The van der Waals surface area contributed by atoms with Crippen molar-refractivity contribution < 1.29 is 8.42 Å². The van der Waals surface area contributed by atoms with Gasteiger partial charge in [0.2, 0.25) is 0 Å². The normalized spacial score (nSPS) is 18.4. The van der Waals surface area contributed by atoms with E-state index in [1.165, 1.54) is 19.1 Å². The maximum atomic E-state index is 11.3. The molecule has 0 atom stereocenters. The van der Waals surface area contributed by atoms with Crippen LogP contribution >= 0.6 is 0 Å². The first kappa shape index (κ1) is 14.3. The molecule has 106 valence electrons. The van der Waals surface area contributed by atoms with Crippen LogP contribution in [0.5, 0.6) is 0 Å². The fourth-order valence-electron chi connectivity index (χ4n) is 2.23. The number of anilines is 1. The summed E-state index contributed by atoms with van der Waals surface area (Å²) in [5.74, 6) is 0.686. The second-order valence-electron chi connectivity index (χ2n) is 5.28. The number of hydrogen-bond donors (Lipinski definition) is 1. The smallest absolute Gasteiger partial charge is 0.192 e. The van der Waals surface area contributed by atoms with E-state index in [4.69, 9.17) is 0 Å². The highest BCUT2D eigenvalue weighted by atomic mass is 32.2. The van der Waals surface area contributed by atoms with Crippen molar-refractivity contribution in [3.05, 3.63) is 18.3 Å². The van der Waals surface area contributed by atoms with Gasteiger partial charge in [0, 0.05) is 12.8 Å². The van der Waals surface area contributed by atoms with Crippen LogP contribution in [0.1, 0.15) is 12.8 Å². The van der Waals surface area contributed by atoms with Gasteiger partial charge in [-0.1, -0.05) is 0 Å². The molecule has 1 fully saturated rings. The minimum Gasteiger partial charge on any atom is -0.384 e. The Morgan fingerprint density at radius 2 is 2.05 bits per heavy atom. The fraction of sp³-hybridized carbons (Fsp3) is 0.615. The molecule has 2 rings (SSSR count). The van der Waals surface area contributed by atoms with Crippen molar-refractivity contribution in [3.63, 3.8) is 0 Å². The summed E-state index contributed by atoms with van der Waals surface area (Å²) in [6, 6.07) is 3.32. The summed E-state index contributed by atoms with van der Waals surface area (Å²) in [6.45, 7) is 3.23. The second kappa shape index (κ2) is 5.88. The molecule has 0 saturated carbocycles. The van der Waals surface area contributed by atoms with E-state index < -0.39 is 9.84 Å². The Kier molecular flexibility index (Phi) is 4.42. The molecule has 0 aliphatic carbocycles. The summed E-state index contributed by atoms with van der Waals surface area (Å²) in [5, 5.41) is 3.45. The van der Waals surface area contributed by atoms with Crippen LogP contribution in [0.4, 0.5) is 5.69 Å². The monoisotopic (exact) mass is 283 g/mol. The number of nitrogens with one attached hydrogen (secondary N) is 1. The van der Waals surface area contributed by atoms with Gasteiger partial charge in [-0.05, 0) is 51.0 Å². The van der Waals surface area contributed by atoms with Crippen LogP contribution in [0.25, 0.3) is 0 Å². The summed E-state index contributed by atoms with van der Waals surface area (Å²) in [5.41, 5.74) is 0.881. The highest BCUT2D eigenvalue weighted by molar-refractivity contribution is 7.90. The van der Waals surface area contributed by atoms with E-state index in [0.717, 1.165) is 25.3 Å². The van der Waals surface area contributed by atoms with Crippen molar-refractivity contribution in [2.75, 3.05) is 38.3 Å². The lowest BCUT2D eigenvalue weighted by atomic mass is 9.97. The van der Waals surface area contributed by atoms with Crippen LogP contribution in [-0.4, -0.2) is 51.2 Å². The minimum absolute atomic E-state index is 0.123. The fourth-order valence-corrected chi connectivity index (χ4v) is 2.79. The quantitative estimate of drug-likeness (QED) is 0.901. The van der Waals surface area contributed by atoms with Gasteiger partial charge < -0.3 is 10.2 Å². The van der Waals surface area contributed by atoms with E-state index in [1.807, 2.05) is 0 Å². The summed E-state index contributed by atoms with van der Waals surface area (Å²) in [6.07, 6.45) is 5.17. The third-order valence-electron chi connectivity index (χ3n) is 3.55. The molecule has 0 bridgehead atoms. The Hall–Kier alpha value is -1.14. The number of sulfone groups is 1. The summed E-state index contributed by atoms with van der Waals surface area (Å²) in [4.78, 5) is 6.31. The molecule has 0 aromatic carbocycles. The average Bonchev–Trinajstić information content (AvgIpc) is 2.37. The van der Waals surface area contributed by atoms with Gasteiger partial charge in [-0.25, -0.2) is 13.4 Å². The topological polar surface area (TPSA) is 62.3 Å². The van der Waals surface area contributed by atoms with E-state index in [2.05, 4.69) is 22.2 Å². The third kappa shape index (κ3) is 4.18. The van der Waals surface area contributed by atoms with Crippen molar-refractivity contribution in [3.8, 4) is 0 Å². The van der Waals surface area contributed by atoms with Gasteiger partial charge in [0.05, 0.1) is 11.9 Å². The van der Waals surface area contributed by atoms with Gasteiger partial charge in [-0.15, -0.1) is 0 Å². The SMILES string of the molecule is CN1CCC(CNc2ccc(S(C)(=O)=O)nc2)CC1. The predicted molar refractivity (Wildman–Crippen MR) is 76.1 cm³/mol. The third-order valence-corrected chi connectivity index (χ3v) is 4.55. The first-order chi connectivity index (χ1) is 8.95. The van der Waals surface area contributed by atoms with Crippen LogP contribution in [0.3, 0.4) is 0 Å². The van der Waals surface area contributed by atoms with Gasteiger partial charge in [-0.2, -0.15) is 0 Å². The molecule has 1 aromatic heterocycles. The molecule has 1 saturated heterocycles. The van der Waals surface area contributed by atoms with Crippen LogP contribution < -0.4 is 5.32 Å². The second-order valence-corrected chi connectivity index (χ2v) is 7.25. The molecule has 0 amide bonds. The largest absolute Gasteiger partial charge is 0.384 e.